The summed E-state index contributed by atoms with van der Waals surface area (Å²) in [5, 5.41) is 9.64. The van der Waals surface area contributed by atoms with Crippen molar-refractivity contribution in [3.63, 3.8) is 0 Å². The minimum atomic E-state index is -0.0367. The summed E-state index contributed by atoms with van der Waals surface area (Å²) in [5.41, 5.74) is 0.721. The first kappa shape index (κ1) is 24.6. The fraction of sp³-hybridized carbons (Fsp3) is 0.600. The number of rotatable bonds is 8. The molecule has 0 bridgehead atoms. The number of hydrogen-bond donors (Lipinski definition) is 3. The predicted octanol–water partition coefficient (Wildman–Crippen LogP) is 1.70. The Labute approximate surface area is 185 Å². The van der Waals surface area contributed by atoms with E-state index in [1.54, 1.807) is 7.05 Å². The van der Waals surface area contributed by atoms with E-state index in [1.165, 1.54) is 0 Å². The Morgan fingerprint density at radius 2 is 1.75 bits per heavy atom. The van der Waals surface area contributed by atoms with Crippen LogP contribution in [0.1, 0.15) is 30.6 Å². The molecule has 1 aliphatic rings. The minimum Gasteiger partial charge on any atom is -0.379 e. The summed E-state index contributed by atoms with van der Waals surface area (Å²) >= 11 is 0. The van der Waals surface area contributed by atoms with Gasteiger partial charge in [-0.25, -0.2) is 0 Å². The lowest BCUT2D eigenvalue weighted by molar-refractivity contribution is -0.00833. The van der Waals surface area contributed by atoms with E-state index in [0.717, 1.165) is 51.8 Å². The van der Waals surface area contributed by atoms with Crippen LogP contribution >= 0.6 is 24.0 Å². The van der Waals surface area contributed by atoms with Crippen molar-refractivity contribution >= 4 is 35.8 Å². The monoisotopic (exact) mass is 503 g/mol. The van der Waals surface area contributed by atoms with Crippen molar-refractivity contribution in [1.29, 1.82) is 0 Å². The molecule has 1 aromatic rings. The van der Waals surface area contributed by atoms with Gasteiger partial charge in [-0.15, -0.1) is 24.0 Å². The van der Waals surface area contributed by atoms with Crippen molar-refractivity contribution in [2.45, 2.75) is 25.8 Å². The molecule has 0 aromatic heterocycles. The van der Waals surface area contributed by atoms with Gasteiger partial charge in [0.15, 0.2) is 5.96 Å². The zero-order valence-electron chi connectivity index (χ0n) is 17.2. The molecular formula is C20H34IN5O2. The van der Waals surface area contributed by atoms with E-state index in [9.17, 15) is 4.79 Å². The fourth-order valence-corrected chi connectivity index (χ4v) is 2.99. The van der Waals surface area contributed by atoms with Gasteiger partial charge >= 0.3 is 0 Å². The lowest BCUT2D eigenvalue weighted by Crippen LogP contribution is -2.56. The molecule has 0 spiro atoms. The van der Waals surface area contributed by atoms with Crippen LogP contribution in [0.4, 0.5) is 0 Å². The van der Waals surface area contributed by atoms with Crippen molar-refractivity contribution in [3.8, 4) is 0 Å². The number of hydrogen-bond acceptors (Lipinski definition) is 4. The molecule has 1 amide bonds. The third-order valence-electron chi connectivity index (χ3n) is 4.75. The van der Waals surface area contributed by atoms with Crippen LogP contribution in [-0.4, -0.2) is 75.3 Å². The Balaban J connectivity index is 0.00000392. The molecule has 1 heterocycles. The van der Waals surface area contributed by atoms with Gasteiger partial charge in [0.25, 0.3) is 5.91 Å². The topological polar surface area (TPSA) is 78.0 Å². The molecule has 7 nitrogen and oxygen atoms in total. The normalized spacial score (nSPS) is 15.5. The molecule has 0 radical (unpaired) electrons. The van der Waals surface area contributed by atoms with Gasteiger partial charge in [-0.3, -0.25) is 14.7 Å². The van der Waals surface area contributed by atoms with Crippen LogP contribution in [0.3, 0.4) is 0 Å². The Morgan fingerprint density at radius 3 is 2.39 bits per heavy atom. The van der Waals surface area contributed by atoms with Gasteiger partial charge in [0.2, 0.25) is 0 Å². The second-order valence-electron chi connectivity index (χ2n) is 7.24. The van der Waals surface area contributed by atoms with Crippen LogP contribution in [0.15, 0.2) is 35.3 Å². The maximum atomic E-state index is 12.0. The Bertz CT molecular complexity index is 604. The summed E-state index contributed by atoms with van der Waals surface area (Å²) in [4.78, 5) is 18.7. The third kappa shape index (κ3) is 8.32. The van der Waals surface area contributed by atoms with Crippen LogP contribution in [0.25, 0.3) is 0 Å². The van der Waals surface area contributed by atoms with Gasteiger partial charge in [-0.2, -0.15) is 0 Å². The lowest BCUT2D eigenvalue weighted by atomic mass is 10.0. The maximum absolute atomic E-state index is 12.0. The molecular weight excluding hydrogens is 469 g/mol. The van der Waals surface area contributed by atoms with E-state index >= 15 is 0 Å². The van der Waals surface area contributed by atoms with Crippen LogP contribution < -0.4 is 16.0 Å². The van der Waals surface area contributed by atoms with Gasteiger partial charge in [0, 0.05) is 50.9 Å². The number of halogens is 1. The van der Waals surface area contributed by atoms with Gasteiger partial charge < -0.3 is 20.7 Å². The highest BCUT2D eigenvalue weighted by Gasteiger charge is 2.28. The Hall–Kier alpha value is -1.39. The van der Waals surface area contributed by atoms with E-state index in [-0.39, 0.29) is 35.4 Å². The van der Waals surface area contributed by atoms with E-state index in [2.05, 4.69) is 39.7 Å². The zero-order chi connectivity index (χ0) is 19.5. The fourth-order valence-electron chi connectivity index (χ4n) is 2.99. The van der Waals surface area contributed by atoms with E-state index in [4.69, 9.17) is 4.74 Å². The number of benzene rings is 1. The molecule has 1 aromatic carbocycles. The van der Waals surface area contributed by atoms with Crippen molar-refractivity contribution in [2.24, 2.45) is 4.99 Å². The van der Waals surface area contributed by atoms with Crippen molar-refractivity contribution in [3.05, 3.63) is 35.9 Å². The summed E-state index contributed by atoms with van der Waals surface area (Å²) in [6.07, 6.45) is 0.826. The summed E-state index contributed by atoms with van der Waals surface area (Å²) in [7, 11) is 1.77. The summed E-state index contributed by atoms with van der Waals surface area (Å²) in [6, 6.07) is 9.26. The quantitative estimate of drug-likeness (QED) is 0.218. The van der Waals surface area contributed by atoms with Gasteiger partial charge in [0.1, 0.15) is 0 Å². The molecule has 0 atom stereocenters. The lowest BCUT2D eigenvalue weighted by Gasteiger charge is -2.41. The molecule has 0 saturated carbocycles. The maximum Gasteiger partial charge on any atom is 0.251 e. The number of carbonyl (C=O) groups excluding carboxylic acids is 1. The van der Waals surface area contributed by atoms with Crippen molar-refractivity contribution in [1.82, 2.24) is 20.9 Å². The van der Waals surface area contributed by atoms with Gasteiger partial charge in [-0.1, -0.05) is 18.2 Å². The van der Waals surface area contributed by atoms with Crippen molar-refractivity contribution in [2.75, 3.05) is 53.0 Å². The number of carbonyl (C=O) groups is 1. The molecule has 3 N–H and O–H groups in total. The highest BCUT2D eigenvalue weighted by molar-refractivity contribution is 14.0. The first-order valence-corrected chi connectivity index (χ1v) is 9.63. The number of guanidine groups is 1. The Kier molecular flexibility index (Phi) is 11.4. The highest BCUT2D eigenvalue weighted by Crippen LogP contribution is 2.14. The predicted molar refractivity (Wildman–Crippen MR) is 125 cm³/mol. The summed E-state index contributed by atoms with van der Waals surface area (Å²) < 4.78 is 5.43. The third-order valence-corrected chi connectivity index (χ3v) is 4.75. The molecule has 28 heavy (non-hydrogen) atoms. The smallest absolute Gasteiger partial charge is 0.251 e. The number of nitrogens with one attached hydrogen (secondary N) is 3. The average molecular weight is 503 g/mol. The van der Waals surface area contributed by atoms with Crippen LogP contribution in [0.2, 0.25) is 0 Å². The Morgan fingerprint density at radius 1 is 1.11 bits per heavy atom. The molecule has 0 aliphatic carbocycles. The molecule has 8 heteroatoms. The van der Waals surface area contributed by atoms with E-state index in [1.807, 2.05) is 30.3 Å². The second kappa shape index (κ2) is 12.9. The van der Waals surface area contributed by atoms with E-state index in [0.29, 0.717) is 12.1 Å². The highest BCUT2D eigenvalue weighted by atomic mass is 127. The average Bonchev–Trinajstić information content (AvgIpc) is 2.71. The molecule has 2 rings (SSSR count). The second-order valence-corrected chi connectivity index (χ2v) is 7.24. The SMILES string of the molecule is CN=C(NCCCNC(=O)c1ccccc1)NCC(C)(C)N1CCOCC1.I. The molecule has 0 unspecified atom stereocenters. The van der Waals surface area contributed by atoms with Gasteiger partial charge in [0.05, 0.1) is 13.2 Å². The number of nitrogens with zero attached hydrogens (tertiary/aromatic N) is 2. The number of morpholine rings is 1. The minimum absolute atomic E-state index is 0. The van der Waals surface area contributed by atoms with Crippen LogP contribution in [0, 0.1) is 0 Å². The molecule has 1 fully saturated rings. The van der Waals surface area contributed by atoms with Crippen molar-refractivity contribution < 1.29 is 9.53 Å². The van der Waals surface area contributed by atoms with Gasteiger partial charge in [-0.05, 0) is 32.4 Å². The summed E-state index contributed by atoms with van der Waals surface area (Å²) in [5.74, 6) is 0.746. The molecule has 158 valence electrons. The standard InChI is InChI=1S/C20H33N5O2.HI/c1-20(2,25-12-14-27-15-13-25)16-24-19(21-3)23-11-7-10-22-18(26)17-8-5-4-6-9-17;/h4-6,8-9H,7,10-16H2,1-3H3,(H,22,26)(H2,21,23,24);1H. The number of amides is 1. The largest absolute Gasteiger partial charge is 0.379 e. The first-order chi connectivity index (χ1) is 13.0. The summed E-state index contributed by atoms with van der Waals surface area (Å²) in [6.45, 7) is 10.1. The number of aliphatic imine (C=N–C) groups is 1. The zero-order valence-corrected chi connectivity index (χ0v) is 19.5. The first-order valence-electron chi connectivity index (χ1n) is 9.63. The molecule has 1 aliphatic heterocycles. The number of ether oxygens (including phenoxy) is 1. The molecule has 1 saturated heterocycles. The van der Waals surface area contributed by atoms with Crippen LogP contribution in [0.5, 0.6) is 0 Å². The van der Waals surface area contributed by atoms with E-state index < -0.39 is 0 Å². The van der Waals surface area contributed by atoms with Crippen LogP contribution in [-0.2, 0) is 4.74 Å².